The number of benzene rings is 2. The molecule has 52 heavy (non-hydrogen) atoms. The van der Waals surface area contributed by atoms with Crippen LogP contribution in [0.2, 0.25) is 0 Å². The summed E-state index contributed by atoms with van der Waals surface area (Å²) in [6.07, 6.45) is 4.46. The molecule has 1 saturated heterocycles. The monoisotopic (exact) mass is 718 g/mol. The maximum Gasteiger partial charge on any atom is 0.412 e. The number of likely N-dealkylation sites (tertiary alicyclic amines) is 1. The van der Waals surface area contributed by atoms with E-state index in [9.17, 15) is 24.0 Å². The van der Waals surface area contributed by atoms with Gasteiger partial charge in [-0.1, -0.05) is 60.7 Å². The van der Waals surface area contributed by atoms with Crippen LogP contribution in [0, 0.1) is 5.92 Å². The fourth-order valence-corrected chi connectivity index (χ4v) is 5.74. The number of hydrogen-bond donors (Lipinski definition) is 3. The molecule has 0 bridgehead atoms. The van der Waals surface area contributed by atoms with Crippen molar-refractivity contribution in [2.24, 2.45) is 5.92 Å². The van der Waals surface area contributed by atoms with Crippen LogP contribution in [-0.4, -0.2) is 86.6 Å². The van der Waals surface area contributed by atoms with Gasteiger partial charge in [-0.15, -0.1) is 0 Å². The van der Waals surface area contributed by atoms with Crippen molar-refractivity contribution in [3.05, 3.63) is 102 Å². The highest BCUT2D eigenvalue weighted by atomic mass is 16.6. The van der Waals surface area contributed by atoms with Gasteiger partial charge in [-0.3, -0.25) is 14.5 Å². The fraction of sp³-hybridized carbons (Fsp3) is 0.421. The van der Waals surface area contributed by atoms with E-state index in [1.54, 1.807) is 12.3 Å². The normalized spacial score (nSPS) is 15.9. The van der Waals surface area contributed by atoms with E-state index in [4.69, 9.17) is 18.9 Å². The molecule has 1 unspecified atom stereocenters. The molecule has 0 aliphatic carbocycles. The van der Waals surface area contributed by atoms with Gasteiger partial charge in [0.15, 0.2) is 18.4 Å². The lowest BCUT2D eigenvalue weighted by Crippen LogP contribution is -2.47. The largest absolute Gasteiger partial charge is 0.467 e. The first kappa shape index (κ1) is 39.3. The van der Waals surface area contributed by atoms with Gasteiger partial charge >= 0.3 is 24.1 Å². The quantitative estimate of drug-likeness (QED) is 0.114. The van der Waals surface area contributed by atoms with Gasteiger partial charge in [-0.25, -0.2) is 14.4 Å². The smallest absolute Gasteiger partial charge is 0.412 e. The zero-order valence-corrected chi connectivity index (χ0v) is 29.8. The number of alkyl carbamates (subject to hydrolysis) is 2. The van der Waals surface area contributed by atoms with E-state index in [1.165, 1.54) is 23.9 Å². The van der Waals surface area contributed by atoms with Gasteiger partial charge in [0.25, 0.3) is 12.6 Å². The summed E-state index contributed by atoms with van der Waals surface area (Å²) < 4.78 is 22.5. The molecule has 0 spiro atoms. The van der Waals surface area contributed by atoms with Crippen molar-refractivity contribution in [3.63, 3.8) is 0 Å². The summed E-state index contributed by atoms with van der Waals surface area (Å²) in [6.45, 7) is 4.12. The Morgan fingerprint density at radius 2 is 1.42 bits per heavy atom. The van der Waals surface area contributed by atoms with E-state index in [0.29, 0.717) is 38.8 Å². The summed E-state index contributed by atoms with van der Waals surface area (Å²) in [5.41, 5.74) is 2.35. The summed E-state index contributed by atoms with van der Waals surface area (Å²) in [7, 11) is 1.17. The van der Waals surface area contributed by atoms with Crippen LogP contribution in [0.3, 0.4) is 0 Å². The minimum atomic E-state index is -1.27. The first-order valence-corrected chi connectivity index (χ1v) is 17.3. The number of esters is 2. The van der Waals surface area contributed by atoms with Crippen LogP contribution in [0.1, 0.15) is 48.2 Å². The molecule has 3 amide bonds. The van der Waals surface area contributed by atoms with Gasteiger partial charge in [0.1, 0.15) is 18.9 Å². The molecule has 278 valence electrons. The van der Waals surface area contributed by atoms with Gasteiger partial charge < -0.3 is 34.9 Å². The number of amides is 3. The number of pyridine rings is 1. The molecule has 2 aromatic carbocycles. The summed E-state index contributed by atoms with van der Waals surface area (Å²) in [4.78, 5) is 65.2. The molecule has 1 aromatic heterocycles. The number of rotatable bonds is 16. The number of piperidine rings is 1. The molecule has 0 radical (unpaired) electrons. The minimum absolute atomic E-state index is 0.00861. The van der Waals surface area contributed by atoms with Crippen molar-refractivity contribution in [1.29, 1.82) is 0 Å². The third-order valence-corrected chi connectivity index (χ3v) is 8.36. The number of carbonyl (C=O) groups excluding carboxylic acids is 5. The van der Waals surface area contributed by atoms with Gasteiger partial charge in [0.2, 0.25) is 0 Å². The SMILES string of the molecule is COC(=O)[C@H](COC(=O)C1CCCN(COC(=O)N[C@@H](C)Cc2ccccc2)C1)NC(=O)c1ccc[n+](COC(=O)N[C@@H](C)Cc2ccccc2)c1. The van der Waals surface area contributed by atoms with Gasteiger partial charge in [0.05, 0.1) is 13.0 Å². The third-order valence-electron chi connectivity index (χ3n) is 8.36. The molecule has 1 fully saturated rings. The van der Waals surface area contributed by atoms with E-state index in [-0.39, 0.29) is 31.1 Å². The van der Waals surface area contributed by atoms with E-state index >= 15 is 0 Å². The maximum absolute atomic E-state index is 13.1. The Morgan fingerprint density at radius 3 is 2.04 bits per heavy atom. The minimum Gasteiger partial charge on any atom is -0.467 e. The highest BCUT2D eigenvalue weighted by Gasteiger charge is 2.30. The van der Waals surface area contributed by atoms with E-state index in [1.807, 2.05) is 79.4 Å². The Labute approximate surface area is 303 Å². The lowest BCUT2D eigenvalue weighted by molar-refractivity contribution is -0.727. The molecule has 4 rings (SSSR count). The number of hydrogen-bond acceptors (Lipinski definition) is 10. The predicted octanol–water partition coefficient (Wildman–Crippen LogP) is 3.13. The Balaban J connectivity index is 1.20. The van der Waals surface area contributed by atoms with Crippen LogP contribution in [0.25, 0.3) is 0 Å². The van der Waals surface area contributed by atoms with Crippen molar-refractivity contribution in [3.8, 4) is 0 Å². The molecule has 3 aromatic rings. The van der Waals surface area contributed by atoms with E-state index < -0.39 is 48.6 Å². The second-order valence-electron chi connectivity index (χ2n) is 12.8. The summed E-state index contributed by atoms with van der Waals surface area (Å²) in [6, 6.07) is 21.1. The molecule has 0 saturated carbocycles. The topological polar surface area (TPSA) is 165 Å². The summed E-state index contributed by atoms with van der Waals surface area (Å²) in [5.74, 6) is -2.47. The molecular formula is C38H48N5O9+. The van der Waals surface area contributed by atoms with Gasteiger partial charge in [-0.2, -0.15) is 4.57 Å². The van der Waals surface area contributed by atoms with Gasteiger partial charge in [-0.05, 0) is 56.7 Å². The summed E-state index contributed by atoms with van der Waals surface area (Å²) in [5, 5.41) is 8.16. The number of nitrogens with one attached hydrogen (secondary N) is 3. The van der Waals surface area contributed by atoms with Crippen LogP contribution >= 0.6 is 0 Å². The molecule has 4 atom stereocenters. The number of ether oxygens (including phenoxy) is 4. The molecule has 1 aliphatic rings. The van der Waals surface area contributed by atoms with E-state index in [2.05, 4.69) is 16.0 Å². The number of aromatic nitrogens is 1. The van der Waals surface area contributed by atoms with Gasteiger partial charge in [0, 0.05) is 31.2 Å². The van der Waals surface area contributed by atoms with Crippen LogP contribution in [0.4, 0.5) is 9.59 Å². The molecular weight excluding hydrogens is 670 g/mol. The number of carbonyl (C=O) groups is 5. The Bertz CT molecular complexity index is 1630. The van der Waals surface area contributed by atoms with Crippen molar-refractivity contribution in [2.75, 3.05) is 33.5 Å². The fourth-order valence-electron chi connectivity index (χ4n) is 5.74. The standard InChI is InChI=1S/C38H47N5O9/c1-27(20-29-12-6-4-7-13-29)39-37(47)51-25-42-18-10-16-31(22-42)34(44)41-33(36(46)49-3)24-50-35(45)32-17-11-19-43(23-32)26-52-38(48)40-28(2)21-30-14-8-5-9-15-30/h4-10,12-16,18,22,27-28,32-33H,11,17,19-21,23-26H2,1-3H3,(H2-,39,40,41,44,47,48)/p+1/t27-,28-,32?,33-/m0/s1. The number of methoxy groups -OCH3 is 1. The van der Waals surface area contributed by atoms with Crippen LogP contribution in [-0.2, 0) is 48.1 Å². The second kappa shape index (κ2) is 20.4. The van der Waals surface area contributed by atoms with Crippen LogP contribution in [0.15, 0.2) is 85.2 Å². The zero-order chi connectivity index (χ0) is 37.3. The highest BCUT2D eigenvalue weighted by molar-refractivity contribution is 5.96. The second-order valence-corrected chi connectivity index (χ2v) is 12.8. The average Bonchev–Trinajstić information content (AvgIpc) is 3.15. The lowest BCUT2D eigenvalue weighted by atomic mass is 9.99. The average molecular weight is 719 g/mol. The first-order chi connectivity index (χ1) is 25.1. The van der Waals surface area contributed by atoms with Crippen LogP contribution in [0.5, 0.6) is 0 Å². The zero-order valence-electron chi connectivity index (χ0n) is 29.8. The molecule has 14 heteroatoms. The molecule has 3 N–H and O–H groups in total. The predicted molar refractivity (Wildman–Crippen MR) is 188 cm³/mol. The van der Waals surface area contributed by atoms with E-state index in [0.717, 1.165) is 11.1 Å². The molecule has 1 aliphatic heterocycles. The lowest BCUT2D eigenvalue weighted by Gasteiger charge is -2.31. The van der Waals surface area contributed by atoms with Crippen molar-refractivity contribution in [2.45, 2.75) is 64.4 Å². The van der Waals surface area contributed by atoms with Crippen molar-refractivity contribution >= 4 is 30.0 Å². The summed E-state index contributed by atoms with van der Waals surface area (Å²) >= 11 is 0. The Kier molecular flexibility index (Phi) is 15.4. The molecule has 2 heterocycles. The Hall–Kier alpha value is -5.50. The highest BCUT2D eigenvalue weighted by Crippen LogP contribution is 2.18. The maximum atomic E-state index is 13.1. The molecule has 14 nitrogen and oxygen atoms in total. The van der Waals surface area contributed by atoms with Crippen molar-refractivity contribution in [1.82, 2.24) is 20.9 Å². The first-order valence-electron chi connectivity index (χ1n) is 17.3. The third kappa shape index (κ3) is 13.3. The Morgan fingerprint density at radius 1 is 0.808 bits per heavy atom. The van der Waals surface area contributed by atoms with Crippen LogP contribution < -0.4 is 20.5 Å². The van der Waals surface area contributed by atoms with Crippen molar-refractivity contribution < 1.29 is 47.5 Å². The number of nitrogens with zero attached hydrogens (tertiary/aromatic N) is 2.